The van der Waals surface area contributed by atoms with E-state index in [4.69, 9.17) is 5.73 Å². The molecule has 0 spiro atoms. The van der Waals surface area contributed by atoms with Crippen LogP contribution in [0.25, 0.3) is 0 Å². The summed E-state index contributed by atoms with van der Waals surface area (Å²) in [6.07, 6.45) is 0. The lowest BCUT2D eigenvalue weighted by molar-refractivity contribution is 0.101. The molecule has 1 aliphatic rings. The highest BCUT2D eigenvalue weighted by Gasteiger charge is 2.23. The molecule has 3 nitrogen and oxygen atoms in total. The molecule has 1 aliphatic heterocycles. The summed E-state index contributed by atoms with van der Waals surface area (Å²) in [6.45, 7) is 5.53. The van der Waals surface area contributed by atoms with Crippen LogP contribution in [-0.4, -0.2) is 56.6 Å². The molecule has 0 unspecified atom stereocenters. The Kier molecular flexibility index (Phi) is 3.30. The molecule has 11 heavy (non-hydrogen) atoms. The van der Waals surface area contributed by atoms with Gasteiger partial charge in [0.1, 0.15) is 0 Å². The van der Waals surface area contributed by atoms with E-state index in [1.54, 1.807) is 0 Å². The Bertz CT molecular complexity index is 107. The topological polar surface area (TPSA) is 32.5 Å². The molecule has 0 bridgehead atoms. The SMILES string of the molecule is CN(CCN)CC1CN(C)C1. The van der Waals surface area contributed by atoms with Crippen LogP contribution in [0.3, 0.4) is 0 Å². The van der Waals surface area contributed by atoms with Gasteiger partial charge in [-0.1, -0.05) is 0 Å². The van der Waals surface area contributed by atoms with Gasteiger partial charge in [0, 0.05) is 32.7 Å². The molecular weight excluding hydrogens is 138 g/mol. The van der Waals surface area contributed by atoms with Crippen LogP contribution in [0.2, 0.25) is 0 Å². The van der Waals surface area contributed by atoms with E-state index in [1.165, 1.54) is 19.6 Å². The lowest BCUT2D eigenvalue weighted by atomic mass is 10.0. The summed E-state index contributed by atoms with van der Waals surface area (Å²) < 4.78 is 0. The molecule has 1 fully saturated rings. The average molecular weight is 157 g/mol. The number of rotatable bonds is 4. The third-order valence-electron chi connectivity index (χ3n) is 2.22. The van der Waals surface area contributed by atoms with Gasteiger partial charge in [-0.3, -0.25) is 0 Å². The summed E-state index contributed by atoms with van der Waals surface area (Å²) in [5.74, 6) is 0.886. The fraction of sp³-hybridized carbons (Fsp3) is 1.00. The molecule has 2 N–H and O–H groups in total. The summed E-state index contributed by atoms with van der Waals surface area (Å²) in [4.78, 5) is 4.67. The first kappa shape index (κ1) is 8.97. The molecule has 1 saturated heterocycles. The minimum atomic E-state index is 0.777. The molecule has 0 atom stereocenters. The van der Waals surface area contributed by atoms with Gasteiger partial charge in [0.2, 0.25) is 0 Å². The summed E-state index contributed by atoms with van der Waals surface area (Å²) in [6, 6.07) is 0. The van der Waals surface area contributed by atoms with Crippen LogP contribution in [0, 0.1) is 5.92 Å². The zero-order valence-electron chi connectivity index (χ0n) is 7.58. The summed E-state index contributed by atoms with van der Waals surface area (Å²) in [5.41, 5.74) is 5.44. The van der Waals surface area contributed by atoms with Crippen molar-refractivity contribution in [1.29, 1.82) is 0 Å². The Labute approximate surface area is 69.1 Å². The van der Waals surface area contributed by atoms with Crippen molar-refractivity contribution >= 4 is 0 Å². The minimum Gasteiger partial charge on any atom is -0.329 e. The van der Waals surface area contributed by atoms with Gasteiger partial charge in [-0.25, -0.2) is 0 Å². The van der Waals surface area contributed by atoms with E-state index in [0.717, 1.165) is 19.0 Å². The molecule has 0 amide bonds. The second-order valence-electron chi connectivity index (χ2n) is 3.64. The van der Waals surface area contributed by atoms with Crippen molar-refractivity contribution in [2.45, 2.75) is 0 Å². The number of nitrogens with zero attached hydrogens (tertiary/aromatic N) is 2. The van der Waals surface area contributed by atoms with Crippen LogP contribution in [0.15, 0.2) is 0 Å². The third-order valence-corrected chi connectivity index (χ3v) is 2.22. The Balaban J connectivity index is 2.02. The maximum absolute atomic E-state index is 5.44. The Hall–Kier alpha value is -0.120. The molecule has 1 rings (SSSR count). The monoisotopic (exact) mass is 157 g/mol. The third kappa shape index (κ3) is 2.77. The number of nitrogens with two attached hydrogens (primary N) is 1. The van der Waals surface area contributed by atoms with Gasteiger partial charge >= 0.3 is 0 Å². The second-order valence-corrected chi connectivity index (χ2v) is 3.64. The van der Waals surface area contributed by atoms with Crippen LogP contribution >= 0.6 is 0 Å². The summed E-state index contributed by atoms with van der Waals surface area (Å²) >= 11 is 0. The lowest BCUT2D eigenvalue weighted by Crippen LogP contribution is -2.49. The summed E-state index contributed by atoms with van der Waals surface area (Å²) in [5, 5.41) is 0. The van der Waals surface area contributed by atoms with Crippen molar-refractivity contribution in [2.75, 3.05) is 46.8 Å². The zero-order chi connectivity index (χ0) is 8.27. The molecule has 66 valence electrons. The highest BCUT2D eigenvalue weighted by molar-refractivity contribution is 4.78. The van der Waals surface area contributed by atoms with Crippen LogP contribution in [0.4, 0.5) is 0 Å². The first-order valence-corrected chi connectivity index (χ1v) is 4.29. The van der Waals surface area contributed by atoms with E-state index in [9.17, 15) is 0 Å². The van der Waals surface area contributed by atoms with E-state index in [2.05, 4.69) is 23.9 Å². The fourth-order valence-electron chi connectivity index (χ4n) is 1.70. The molecule has 3 heteroatoms. The van der Waals surface area contributed by atoms with Crippen LogP contribution in [0.5, 0.6) is 0 Å². The average Bonchev–Trinajstić information content (AvgIpc) is 1.85. The Morgan fingerprint density at radius 3 is 2.64 bits per heavy atom. The van der Waals surface area contributed by atoms with E-state index < -0.39 is 0 Å². The molecule has 0 aliphatic carbocycles. The molecule has 0 radical (unpaired) electrons. The highest BCUT2D eigenvalue weighted by atomic mass is 15.2. The molecule has 1 heterocycles. The molecule has 0 aromatic carbocycles. The van der Waals surface area contributed by atoms with Crippen molar-refractivity contribution < 1.29 is 0 Å². The second kappa shape index (κ2) is 4.04. The van der Waals surface area contributed by atoms with Gasteiger partial charge in [-0.05, 0) is 20.0 Å². The Morgan fingerprint density at radius 1 is 1.55 bits per heavy atom. The smallest absolute Gasteiger partial charge is 0.0102 e. The predicted molar refractivity (Wildman–Crippen MR) is 47.5 cm³/mol. The van der Waals surface area contributed by atoms with Gasteiger partial charge in [0.25, 0.3) is 0 Å². The lowest BCUT2D eigenvalue weighted by Gasteiger charge is -2.38. The van der Waals surface area contributed by atoms with Crippen molar-refractivity contribution in [3.05, 3.63) is 0 Å². The van der Waals surface area contributed by atoms with E-state index in [1.807, 2.05) is 0 Å². The maximum Gasteiger partial charge on any atom is 0.0102 e. The van der Waals surface area contributed by atoms with Crippen LogP contribution in [-0.2, 0) is 0 Å². The first-order valence-electron chi connectivity index (χ1n) is 4.29. The van der Waals surface area contributed by atoms with Crippen LogP contribution in [0.1, 0.15) is 0 Å². The molecular formula is C8H19N3. The van der Waals surface area contributed by atoms with Gasteiger partial charge in [0.15, 0.2) is 0 Å². The standard InChI is InChI=1S/C8H19N3/c1-10(4-3-9)5-8-6-11(2)7-8/h8H,3-7,9H2,1-2H3. The fourth-order valence-corrected chi connectivity index (χ4v) is 1.70. The van der Waals surface area contributed by atoms with Crippen molar-refractivity contribution in [3.63, 3.8) is 0 Å². The van der Waals surface area contributed by atoms with Gasteiger partial charge in [0.05, 0.1) is 0 Å². The van der Waals surface area contributed by atoms with E-state index in [0.29, 0.717) is 0 Å². The normalized spacial score (nSPS) is 20.7. The number of hydrogen-bond donors (Lipinski definition) is 1. The molecule has 0 aromatic rings. The van der Waals surface area contributed by atoms with E-state index in [-0.39, 0.29) is 0 Å². The van der Waals surface area contributed by atoms with Crippen molar-refractivity contribution in [3.8, 4) is 0 Å². The number of likely N-dealkylation sites (tertiary alicyclic amines) is 1. The first-order chi connectivity index (χ1) is 5.22. The van der Waals surface area contributed by atoms with Gasteiger partial charge in [-0.2, -0.15) is 0 Å². The minimum absolute atomic E-state index is 0.777. The summed E-state index contributed by atoms with van der Waals surface area (Å²) in [7, 11) is 4.31. The maximum atomic E-state index is 5.44. The number of hydrogen-bond acceptors (Lipinski definition) is 3. The van der Waals surface area contributed by atoms with Crippen molar-refractivity contribution in [1.82, 2.24) is 9.80 Å². The zero-order valence-corrected chi connectivity index (χ0v) is 7.58. The van der Waals surface area contributed by atoms with Gasteiger partial charge in [-0.15, -0.1) is 0 Å². The quantitative estimate of drug-likeness (QED) is 0.593. The Morgan fingerprint density at radius 2 is 2.18 bits per heavy atom. The van der Waals surface area contributed by atoms with Gasteiger partial charge < -0.3 is 15.5 Å². The molecule has 0 saturated carbocycles. The van der Waals surface area contributed by atoms with E-state index >= 15 is 0 Å². The number of likely N-dealkylation sites (N-methyl/N-ethyl adjacent to an activating group) is 1. The molecule has 0 aromatic heterocycles. The van der Waals surface area contributed by atoms with Crippen molar-refractivity contribution in [2.24, 2.45) is 11.7 Å². The predicted octanol–water partition coefficient (Wildman–Crippen LogP) is -0.561. The largest absolute Gasteiger partial charge is 0.329 e. The van der Waals surface area contributed by atoms with Crippen LogP contribution < -0.4 is 5.73 Å². The highest BCUT2D eigenvalue weighted by Crippen LogP contribution is 2.12.